The van der Waals surface area contributed by atoms with Crippen LogP contribution in [0.4, 0.5) is 0 Å². The largest absolute Gasteiger partial charge is 0.299 e. The van der Waals surface area contributed by atoms with Gasteiger partial charge in [-0.05, 0) is 43.6 Å². The summed E-state index contributed by atoms with van der Waals surface area (Å²) in [4.78, 5) is 11.3. The number of Topliss-reactive ketones (excluding diaryl/α,β-unsaturated/α-hetero) is 1. The third kappa shape index (κ3) is 1.12. The zero-order valence-electron chi connectivity index (χ0n) is 6.93. The lowest BCUT2D eigenvalue weighted by molar-refractivity contribution is -0.123. The van der Waals surface area contributed by atoms with Gasteiger partial charge in [0.15, 0.2) is 0 Å². The summed E-state index contributed by atoms with van der Waals surface area (Å²) in [6, 6.07) is 0. The summed E-state index contributed by atoms with van der Waals surface area (Å²) in [6.45, 7) is 1.77. The minimum atomic E-state index is 0.170. The van der Waals surface area contributed by atoms with Gasteiger partial charge in [-0.2, -0.15) is 11.8 Å². The van der Waals surface area contributed by atoms with E-state index in [0.29, 0.717) is 5.78 Å². The Morgan fingerprint density at radius 2 is 2.27 bits per heavy atom. The molecule has 1 aliphatic carbocycles. The predicted molar refractivity (Wildman–Crippen MR) is 47.8 cm³/mol. The molecule has 0 radical (unpaired) electrons. The number of ketones is 1. The minimum absolute atomic E-state index is 0.170. The zero-order valence-corrected chi connectivity index (χ0v) is 7.75. The highest BCUT2D eigenvalue weighted by Gasteiger charge is 2.53. The van der Waals surface area contributed by atoms with Gasteiger partial charge >= 0.3 is 0 Å². The average Bonchev–Trinajstić information content (AvgIpc) is 2.61. The molecule has 0 amide bonds. The molecular weight excluding hydrogens is 156 g/mol. The molecule has 62 valence electrons. The lowest BCUT2D eigenvalue weighted by Gasteiger charge is -2.17. The summed E-state index contributed by atoms with van der Waals surface area (Å²) < 4.78 is 0. The fourth-order valence-corrected chi connectivity index (χ4v) is 3.54. The molecule has 2 fully saturated rings. The smallest absolute Gasteiger partial charge is 0.136 e. The maximum Gasteiger partial charge on any atom is 0.136 e. The lowest BCUT2D eigenvalue weighted by atomic mass is 9.85. The van der Waals surface area contributed by atoms with E-state index in [1.807, 2.05) is 11.8 Å². The minimum Gasteiger partial charge on any atom is -0.299 e. The van der Waals surface area contributed by atoms with E-state index in [0.717, 1.165) is 5.92 Å². The third-order valence-corrected chi connectivity index (χ3v) is 4.36. The maximum absolute atomic E-state index is 11.3. The molecule has 2 rings (SSSR count). The van der Waals surface area contributed by atoms with Crippen molar-refractivity contribution in [1.82, 2.24) is 0 Å². The fraction of sp³-hybridized carbons (Fsp3) is 0.889. The molecule has 1 unspecified atom stereocenters. The second-order valence-corrected chi connectivity index (χ2v) is 4.92. The van der Waals surface area contributed by atoms with Crippen LogP contribution in [-0.4, -0.2) is 17.3 Å². The monoisotopic (exact) mass is 170 g/mol. The van der Waals surface area contributed by atoms with Crippen LogP contribution in [0, 0.1) is 11.3 Å². The highest BCUT2D eigenvalue weighted by atomic mass is 32.2. The molecule has 1 saturated heterocycles. The number of hydrogen-bond donors (Lipinski definition) is 0. The zero-order chi connectivity index (χ0) is 7.90. The molecule has 11 heavy (non-hydrogen) atoms. The van der Waals surface area contributed by atoms with Crippen LogP contribution in [0.1, 0.15) is 26.2 Å². The number of carbonyl (C=O) groups is 1. The SMILES string of the molecule is CC(=O)C1(C2CCSC2)CC1. The van der Waals surface area contributed by atoms with Crippen molar-refractivity contribution in [3.63, 3.8) is 0 Å². The van der Waals surface area contributed by atoms with Crippen LogP contribution in [0.25, 0.3) is 0 Å². The molecule has 2 heteroatoms. The Bertz CT molecular complexity index is 178. The van der Waals surface area contributed by atoms with Crippen LogP contribution in [0.2, 0.25) is 0 Å². The first-order valence-electron chi connectivity index (χ1n) is 4.34. The van der Waals surface area contributed by atoms with E-state index in [4.69, 9.17) is 0 Å². The Morgan fingerprint density at radius 1 is 1.55 bits per heavy atom. The average molecular weight is 170 g/mol. The lowest BCUT2D eigenvalue weighted by Crippen LogP contribution is -2.23. The van der Waals surface area contributed by atoms with Gasteiger partial charge in [0, 0.05) is 5.41 Å². The Labute approximate surface area is 71.9 Å². The normalized spacial score (nSPS) is 33.7. The van der Waals surface area contributed by atoms with E-state index >= 15 is 0 Å². The first kappa shape index (κ1) is 7.66. The van der Waals surface area contributed by atoms with E-state index in [9.17, 15) is 4.79 Å². The van der Waals surface area contributed by atoms with Gasteiger partial charge < -0.3 is 0 Å². The van der Waals surface area contributed by atoms with E-state index < -0.39 is 0 Å². The summed E-state index contributed by atoms with van der Waals surface area (Å²) in [5.74, 6) is 3.69. The number of rotatable bonds is 2. The van der Waals surface area contributed by atoms with E-state index in [1.165, 1.54) is 30.8 Å². The van der Waals surface area contributed by atoms with Crippen molar-refractivity contribution in [3.05, 3.63) is 0 Å². The van der Waals surface area contributed by atoms with Crippen LogP contribution < -0.4 is 0 Å². The standard InChI is InChI=1S/C9H14OS/c1-7(10)9(3-4-9)8-2-5-11-6-8/h8H,2-6H2,1H3. The second kappa shape index (κ2) is 2.51. The summed E-state index contributed by atoms with van der Waals surface area (Å²) in [6.07, 6.45) is 3.63. The number of thioether (sulfide) groups is 1. The first-order valence-corrected chi connectivity index (χ1v) is 5.50. The van der Waals surface area contributed by atoms with Gasteiger partial charge in [-0.15, -0.1) is 0 Å². The van der Waals surface area contributed by atoms with Crippen LogP contribution in [0.15, 0.2) is 0 Å². The molecule has 1 heterocycles. The molecule has 2 aliphatic rings. The van der Waals surface area contributed by atoms with Crippen LogP contribution in [-0.2, 0) is 4.79 Å². The Hall–Kier alpha value is 0.0200. The number of carbonyl (C=O) groups excluding carboxylic acids is 1. The topological polar surface area (TPSA) is 17.1 Å². The van der Waals surface area contributed by atoms with Gasteiger partial charge in [0.1, 0.15) is 5.78 Å². The first-order chi connectivity index (χ1) is 5.26. The van der Waals surface area contributed by atoms with Crippen LogP contribution in [0.5, 0.6) is 0 Å². The maximum atomic E-state index is 11.3. The van der Waals surface area contributed by atoms with Crippen molar-refractivity contribution in [2.45, 2.75) is 26.2 Å². The Balaban J connectivity index is 2.07. The second-order valence-electron chi connectivity index (χ2n) is 3.77. The summed E-state index contributed by atoms with van der Waals surface area (Å²) in [7, 11) is 0. The molecule has 1 atom stereocenters. The Morgan fingerprint density at radius 3 is 2.64 bits per heavy atom. The van der Waals surface area contributed by atoms with Crippen molar-refractivity contribution < 1.29 is 4.79 Å². The molecule has 1 saturated carbocycles. The predicted octanol–water partition coefficient (Wildman–Crippen LogP) is 2.11. The van der Waals surface area contributed by atoms with Gasteiger partial charge in [0.05, 0.1) is 0 Å². The van der Waals surface area contributed by atoms with Crippen molar-refractivity contribution in [2.75, 3.05) is 11.5 Å². The summed E-state index contributed by atoms with van der Waals surface area (Å²) in [5, 5.41) is 0. The molecule has 0 aromatic carbocycles. The van der Waals surface area contributed by atoms with Crippen molar-refractivity contribution in [1.29, 1.82) is 0 Å². The molecule has 0 N–H and O–H groups in total. The van der Waals surface area contributed by atoms with Gasteiger partial charge in [-0.1, -0.05) is 0 Å². The quantitative estimate of drug-likeness (QED) is 0.631. The molecule has 1 nitrogen and oxygen atoms in total. The third-order valence-electron chi connectivity index (χ3n) is 3.20. The van der Waals surface area contributed by atoms with Crippen LogP contribution >= 0.6 is 11.8 Å². The van der Waals surface area contributed by atoms with Crippen molar-refractivity contribution in [3.8, 4) is 0 Å². The highest BCUT2D eigenvalue weighted by Crippen LogP contribution is 2.56. The van der Waals surface area contributed by atoms with Gasteiger partial charge in [0.25, 0.3) is 0 Å². The number of hydrogen-bond acceptors (Lipinski definition) is 2. The summed E-state index contributed by atoms with van der Waals surface area (Å²) >= 11 is 2.01. The Kier molecular flexibility index (Phi) is 1.75. The van der Waals surface area contributed by atoms with E-state index in [1.54, 1.807) is 6.92 Å². The molecular formula is C9H14OS. The van der Waals surface area contributed by atoms with Crippen molar-refractivity contribution in [2.24, 2.45) is 11.3 Å². The van der Waals surface area contributed by atoms with E-state index in [-0.39, 0.29) is 5.41 Å². The summed E-state index contributed by atoms with van der Waals surface area (Å²) in [5.41, 5.74) is 0.170. The molecule has 1 aliphatic heterocycles. The molecule has 0 spiro atoms. The van der Waals surface area contributed by atoms with Gasteiger partial charge in [-0.3, -0.25) is 4.79 Å². The van der Waals surface area contributed by atoms with Crippen LogP contribution in [0.3, 0.4) is 0 Å². The highest BCUT2D eigenvalue weighted by molar-refractivity contribution is 7.99. The van der Waals surface area contributed by atoms with Gasteiger partial charge in [0.2, 0.25) is 0 Å². The molecule has 0 aromatic heterocycles. The fourth-order valence-electron chi connectivity index (χ4n) is 2.15. The van der Waals surface area contributed by atoms with Gasteiger partial charge in [-0.25, -0.2) is 0 Å². The van der Waals surface area contributed by atoms with E-state index in [2.05, 4.69) is 0 Å². The molecule has 0 aromatic rings. The molecule has 0 bridgehead atoms. The van der Waals surface area contributed by atoms with Crippen molar-refractivity contribution >= 4 is 17.5 Å².